The average Bonchev–Trinajstić information content (AvgIpc) is 2.08. The molecule has 0 amide bonds. The molecule has 0 aliphatic carbocycles. The van der Waals surface area contributed by atoms with Gasteiger partial charge in [0.1, 0.15) is 0 Å². The molecule has 1 aliphatic rings. The Balaban J connectivity index is 0.000000180. The van der Waals surface area contributed by atoms with E-state index in [4.69, 9.17) is 0 Å². The van der Waals surface area contributed by atoms with Crippen molar-refractivity contribution < 1.29 is 0 Å². The van der Waals surface area contributed by atoms with Gasteiger partial charge in [0.25, 0.3) is 0 Å². The lowest BCUT2D eigenvalue weighted by Crippen LogP contribution is -2.21. The fourth-order valence-corrected chi connectivity index (χ4v) is 0.802. The van der Waals surface area contributed by atoms with Crippen LogP contribution in [0.15, 0.2) is 0 Å². The van der Waals surface area contributed by atoms with Crippen LogP contribution in [0.5, 0.6) is 0 Å². The van der Waals surface area contributed by atoms with Crippen molar-refractivity contribution in [3.63, 3.8) is 0 Å². The lowest BCUT2D eigenvalue weighted by atomic mass is 10.2. The number of piperidine rings is 1. The Hall–Kier alpha value is 0.310. The summed E-state index contributed by atoms with van der Waals surface area (Å²) in [6.45, 7) is 4.64. The number of hydrogen-bond donors (Lipinski definition) is 1. The lowest BCUT2D eigenvalue weighted by Gasteiger charge is -2.08. The van der Waals surface area contributed by atoms with Gasteiger partial charge in [-0.3, -0.25) is 0 Å². The van der Waals surface area contributed by atoms with Gasteiger partial charge in [0.05, 0.1) is 0 Å². The molecule has 10 heavy (non-hydrogen) atoms. The predicted molar refractivity (Wildman–Crippen MR) is 50.8 cm³/mol. The van der Waals surface area contributed by atoms with Gasteiger partial charge in [-0.25, -0.2) is 0 Å². The fraction of sp³-hybridized carbons (Fsp3) is 1.00. The molecule has 1 rings (SSSR count). The molecule has 1 saturated heterocycles. The molecule has 0 aromatic rings. The Morgan fingerprint density at radius 3 is 1.80 bits per heavy atom. The molecule has 0 aromatic carbocycles. The topological polar surface area (TPSA) is 12.0 Å². The van der Waals surface area contributed by atoms with Gasteiger partial charge in [-0.15, -0.1) is 0 Å². The molecule has 62 valence electrons. The SMILES string of the molecule is C1CCNCC1.CCSC. The van der Waals surface area contributed by atoms with Crippen LogP contribution in [0.3, 0.4) is 0 Å². The van der Waals surface area contributed by atoms with Crippen molar-refractivity contribution in [2.24, 2.45) is 0 Å². The Kier molecular flexibility index (Phi) is 9.60. The summed E-state index contributed by atoms with van der Waals surface area (Å²) in [4.78, 5) is 0. The van der Waals surface area contributed by atoms with Crippen LogP contribution in [-0.4, -0.2) is 25.1 Å². The molecule has 0 unspecified atom stereocenters. The van der Waals surface area contributed by atoms with Crippen LogP contribution >= 0.6 is 11.8 Å². The molecule has 0 aromatic heterocycles. The van der Waals surface area contributed by atoms with E-state index in [1.54, 1.807) is 0 Å². The monoisotopic (exact) mass is 161 g/mol. The first-order chi connectivity index (χ1) is 4.91. The second-order valence-electron chi connectivity index (χ2n) is 2.39. The molecule has 1 heterocycles. The maximum atomic E-state index is 3.28. The summed E-state index contributed by atoms with van der Waals surface area (Å²) < 4.78 is 0. The number of hydrogen-bond acceptors (Lipinski definition) is 2. The van der Waals surface area contributed by atoms with Crippen LogP contribution in [0.4, 0.5) is 0 Å². The van der Waals surface area contributed by atoms with E-state index in [1.807, 2.05) is 11.8 Å². The minimum absolute atomic E-state index is 1.24. The van der Waals surface area contributed by atoms with Gasteiger partial charge < -0.3 is 5.32 Å². The van der Waals surface area contributed by atoms with Crippen molar-refractivity contribution in [2.45, 2.75) is 26.2 Å². The van der Waals surface area contributed by atoms with E-state index < -0.39 is 0 Å². The minimum Gasteiger partial charge on any atom is -0.317 e. The number of thioether (sulfide) groups is 1. The van der Waals surface area contributed by atoms with E-state index in [-0.39, 0.29) is 0 Å². The standard InChI is InChI=1S/C5H11N.C3H8S/c1-2-4-6-5-3-1;1-3-4-2/h6H,1-5H2;3H2,1-2H3. The Morgan fingerprint density at radius 1 is 1.20 bits per heavy atom. The van der Waals surface area contributed by atoms with E-state index in [0.29, 0.717) is 0 Å². The zero-order valence-electron chi connectivity index (χ0n) is 7.15. The van der Waals surface area contributed by atoms with Gasteiger partial charge in [0.15, 0.2) is 0 Å². The van der Waals surface area contributed by atoms with Crippen LogP contribution in [0.2, 0.25) is 0 Å². The van der Waals surface area contributed by atoms with Crippen LogP contribution in [-0.2, 0) is 0 Å². The molecule has 0 saturated carbocycles. The smallest absolute Gasteiger partial charge is 0.00489 e. The van der Waals surface area contributed by atoms with Gasteiger partial charge >= 0.3 is 0 Å². The van der Waals surface area contributed by atoms with Crippen molar-refractivity contribution >= 4 is 11.8 Å². The largest absolute Gasteiger partial charge is 0.317 e. The second-order valence-corrected chi connectivity index (χ2v) is 3.54. The molecular weight excluding hydrogens is 142 g/mol. The minimum atomic E-state index is 1.24. The molecule has 1 aliphatic heterocycles. The van der Waals surface area contributed by atoms with Gasteiger partial charge in [-0.1, -0.05) is 13.3 Å². The summed E-state index contributed by atoms with van der Waals surface area (Å²) in [6.07, 6.45) is 6.31. The van der Waals surface area contributed by atoms with Crippen LogP contribution in [0.25, 0.3) is 0 Å². The molecule has 1 fully saturated rings. The summed E-state index contributed by atoms with van der Waals surface area (Å²) in [5.74, 6) is 1.24. The first-order valence-electron chi connectivity index (χ1n) is 4.11. The molecule has 1 nitrogen and oxygen atoms in total. The Bertz CT molecular complexity index is 39.7. The molecular formula is C8H19NS. The zero-order chi connectivity index (χ0) is 7.66. The fourth-order valence-electron chi connectivity index (χ4n) is 0.802. The highest BCUT2D eigenvalue weighted by atomic mass is 32.2. The molecule has 2 heteroatoms. The first kappa shape index (κ1) is 10.3. The van der Waals surface area contributed by atoms with E-state index in [0.717, 1.165) is 0 Å². The van der Waals surface area contributed by atoms with Crippen molar-refractivity contribution in [3.05, 3.63) is 0 Å². The van der Waals surface area contributed by atoms with Crippen molar-refractivity contribution in [1.29, 1.82) is 0 Å². The summed E-state index contributed by atoms with van der Waals surface area (Å²) in [5, 5.41) is 3.28. The van der Waals surface area contributed by atoms with Gasteiger partial charge in [0.2, 0.25) is 0 Å². The van der Waals surface area contributed by atoms with Crippen molar-refractivity contribution in [3.8, 4) is 0 Å². The average molecular weight is 161 g/mol. The highest BCUT2D eigenvalue weighted by Crippen LogP contribution is 1.96. The van der Waals surface area contributed by atoms with E-state index in [9.17, 15) is 0 Å². The van der Waals surface area contributed by atoms with Gasteiger partial charge in [0, 0.05) is 0 Å². The summed E-state index contributed by atoms with van der Waals surface area (Å²) >= 11 is 1.86. The maximum absolute atomic E-state index is 3.28. The number of nitrogens with one attached hydrogen (secondary N) is 1. The molecule has 0 atom stereocenters. The van der Waals surface area contributed by atoms with Crippen LogP contribution in [0.1, 0.15) is 26.2 Å². The molecule has 0 spiro atoms. The first-order valence-corrected chi connectivity index (χ1v) is 5.50. The van der Waals surface area contributed by atoms with Crippen molar-refractivity contribution in [2.75, 3.05) is 25.1 Å². The third-order valence-corrected chi connectivity index (χ3v) is 2.07. The lowest BCUT2D eigenvalue weighted by molar-refractivity contribution is 0.520. The van der Waals surface area contributed by atoms with Crippen LogP contribution < -0.4 is 5.32 Å². The van der Waals surface area contributed by atoms with E-state index >= 15 is 0 Å². The third kappa shape index (κ3) is 8.31. The normalized spacial score (nSPS) is 17.4. The highest BCUT2D eigenvalue weighted by molar-refractivity contribution is 7.98. The maximum Gasteiger partial charge on any atom is -0.00489 e. The second kappa shape index (κ2) is 9.31. The van der Waals surface area contributed by atoms with Crippen molar-refractivity contribution in [1.82, 2.24) is 5.32 Å². The predicted octanol–water partition coefficient (Wildman–Crippen LogP) is 2.13. The molecule has 1 N–H and O–H groups in total. The Labute approximate surface area is 69.0 Å². The Morgan fingerprint density at radius 2 is 1.70 bits per heavy atom. The molecule has 0 radical (unpaired) electrons. The quantitative estimate of drug-likeness (QED) is 0.632. The van der Waals surface area contributed by atoms with E-state index in [2.05, 4.69) is 18.5 Å². The summed E-state index contributed by atoms with van der Waals surface area (Å²) in [5.41, 5.74) is 0. The van der Waals surface area contributed by atoms with Gasteiger partial charge in [-0.2, -0.15) is 11.8 Å². The summed E-state index contributed by atoms with van der Waals surface area (Å²) in [7, 11) is 0. The summed E-state index contributed by atoms with van der Waals surface area (Å²) in [6, 6.07) is 0. The third-order valence-electron chi connectivity index (χ3n) is 1.50. The molecule has 0 bridgehead atoms. The zero-order valence-corrected chi connectivity index (χ0v) is 7.97. The highest BCUT2D eigenvalue weighted by Gasteiger charge is 1.93. The number of rotatable bonds is 1. The van der Waals surface area contributed by atoms with Crippen LogP contribution in [0, 0.1) is 0 Å². The van der Waals surface area contributed by atoms with E-state index in [1.165, 1.54) is 38.1 Å². The van der Waals surface area contributed by atoms with Gasteiger partial charge in [-0.05, 0) is 37.9 Å².